The molecule has 0 spiro atoms. The molecule has 0 bridgehead atoms. The molecule has 26 nitrogen and oxygen atoms in total. The molecule has 2 saturated heterocycles. The fourth-order valence-corrected chi connectivity index (χ4v) is 20.1. The predicted octanol–water partition coefficient (Wildman–Crippen LogP) is 20.6. The SMILES string of the molecule is CC1CCc2c(nc(-c3ccccc3O)nc2N(C)C)C1.CC1CCc2c(nc(-c3ccccc3O)nc2N(C)Cc2ccco2)C1.CC1CCc2c(nc(-c3ccccc3O)nc2N2CCCCC2)C1.CC1CCc2c(nc(-c3ccccc3O)nc2N2CCOCC2)C1.CCN(CC)c1nc(-c2ccccc2O)nc2c1CCC(C)C2.CN(C)c1nc(-c2ccccc2O)nc2c1CCCC2. The van der Waals surface area contributed by atoms with Crippen molar-refractivity contribution in [1.82, 2.24) is 59.8 Å². The number of morpholine rings is 1. The maximum absolute atomic E-state index is 10.2. The first-order valence-electron chi connectivity index (χ1n) is 49.9. The molecule has 5 atom stereocenters. The average molecular weight is 1860 g/mol. The van der Waals surface area contributed by atoms with Crippen LogP contribution in [0.5, 0.6) is 34.5 Å². The van der Waals surface area contributed by atoms with Crippen molar-refractivity contribution in [2.24, 2.45) is 29.6 Å². The molecule has 0 radical (unpaired) electrons. The number of aromatic hydroxyl groups is 6. The van der Waals surface area contributed by atoms with Crippen LogP contribution in [0, 0.1) is 29.6 Å². The van der Waals surface area contributed by atoms with Crippen LogP contribution >= 0.6 is 0 Å². The second-order valence-corrected chi connectivity index (χ2v) is 38.9. The van der Waals surface area contributed by atoms with Gasteiger partial charge in [0.1, 0.15) is 75.2 Å². The lowest BCUT2D eigenvalue weighted by molar-refractivity contribution is 0.122. The van der Waals surface area contributed by atoms with Crippen LogP contribution in [-0.4, -0.2) is 178 Å². The molecule has 5 unspecified atom stereocenters. The molecular weight excluding hydrogens is 1730 g/mol. The Bertz CT molecular complexity index is 6210. The zero-order valence-electron chi connectivity index (χ0n) is 82.4. The lowest BCUT2D eigenvalue weighted by Gasteiger charge is -2.32. The van der Waals surface area contributed by atoms with Crippen LogP contribution in [0.25, 0.3) is 68.3 Å². The van der Waals surface area contributed by atoms with E-state index in [2.05, 4.69) is 78.0 Å². The van der Waals surface area contributed by atoms with Crippen LogP contribution in [0.15, 0.2) is 168 Å². The van der Waals surface area contributed by atoms with Crippen molar-refractivity contribution in [2.45, 2.75) is 196 Å². The van der Waals surface area contributed by atoms with Gasteiger partial charge in [0.15, 0.2) is 34.9 Å². The van der Waals surface area contributed by atoms with Gasteiger partial charge in [-0.2, -0.15) is 0 Å². The van der Waals surface area contributed by atoms with E-state index in [9.17, 15) is 30.6 Å². The average Bonchev–Trinajstić information content (AvgIpc) is 1.10. The summed E-state index contributed by atoms with van der Waals surface area (Å²) in [5.41, 5.74) is 18.7. The Hall–Kier alpha value is -13.4. The van der Waals surface area contributed by atoms with Crippen molar-refractivity contribution >= 4 is 34.9 Å². The summed E-state index contributed by atoms with van der Waals surface area (Å²) >= 11 is 0. The van der Waals surface area contributed by atoms with E-state index in [1.165, 1.54) is 96.9 Å². The first-order valence-corrected chi connectivity index (χ1v) is 49.9. The number of furan rings is 1. The molecule has 0 saturated carbocycles. The number of aromatic nitrogens is 12. The molecule has 9 heterocycles. The molecule has 6 aromatic carbocycles. The Morgan fingerprint density at radius 1 is 0.304 bits per heavy atom. The number of benzene rings is 6. The second kappa shape index (κ2) is 45.3. The lowest BCUT2D eigenvalue weighted by Crippen LogP contribution is -2.38. The summed E-state index contributed by atoms with van der Waals surface area (Å²) in [6, 6.07) is 47.6. The first-order chi connectivity index (χ1) is 66.9. The highest BCUT2D eigenvalue weighted by Gasteiger charge is 2.33. The zero-order valence-corrected chi connectivity index (χ0v) is 82.4. The van der Waals surface area contributed by atoms with Gasteiger partial charge in [-0.25, -0.2) is 59.8 Å². The van der Waals surface area contributed by atoms with Crippen LogP contribution < -0.4 is 29.4 Å². The van der Waals surface area contributed by atoms with E-state index in [0.29, 0.717) is 98.9 Å². The Kier molecular flexibility index (Phi) is 32.1. The zero-order chi connectivity index (χ0) is 96.6. The minimum absolute atomic E-state index is 0.205. The maximum atomic E-state index is 10.2. The van der Waals surface area contributed by atoms with E-state index in [4.69, 9.17) is 59.0 Å². The van der Waals surface area contributed by atoms with E-state index in [1.807, 2.05) is 166 Å². The number of ether oxygens (including phenoxy) is 1. The summed E-state index contributed by atoms with van der Waals surface area (Å²) in [5.74, 6) is 15.3. The van der Waals surface area contributed by atoms with Crippen molar-refractivity contribution in [3.63, 3.8) is 0 Å². The van der Waals surface area contributed by atoms with Crippen LogP contribution in [0.1, 0.15) is 186 Å². The summed E-state index contributed by atoms with van der Waals surface area (Å²) < 4.78 is 11.0. The summed E-state index contributed by atoms with van der Waals surface area (Å²) in [4.78, 5) is 70.8. The van der Waals surface area contributed by atoms with Crippen molar-refractivity contribution < 1.29 is 39.8 Å². The van der Waals surface area contributed by atoms with E-state index in [1.54, 1.807) is 42.7 Å². The van der Waals surface area contributed by atoms with Crippen molar-refractivity contribution in [3.05, 3.63) is 237 Å². The minimum atomic E-state index is 0.205. The highest BCUT2D eigenvalue weighted by atomic mass is 16.5. The number of rotatable bonds is 16. The smallest absolute Gasteiger partial charge is 0.165 e. The number of phenolic OH excluding ortho intramolecular Hbond substituents is 6. The molecule has 6 N–H and O–H groups in total. The standard InChI is InChI=1S/C21H23N3O2.C20H25N3O.C19H23N3O2.C19H25N3O.C17H21N3O.C16H19N3O/c1-14-9-10-16-18(12-14)22-20(17-7-3-4-8-19(17)25)23-21(16)24(2)13-15-6-5-11-26-15;1-14-9-10-15-17(13-14)21-19(16-7-3-4-8-18(16)24)22-20(15)23-11-5-2-6-12-23;1-13-6-7-14-16(12-13)20-18(15-4-2-3-5-17(15)23)21-19(14)22-8-10-24-11-9-22;1-4-22(5-2)19-14-11-10-13(3)12-16(14)20-18(21-19)15-8-6-7-9-17(15)23;1-11-8-9-12-14(10-11)18-16(19-17(12)20(2)3)13-6-4-5-7-15(13)21;1-19(2)16-11-7-3-5-9-13(11)17-15(18-16)12-8-4-6-10-14(12)20/h3-8,11,14,25H,9-10,12-13H2,1-2H3;3-4,7-8,14,24H,2,5-6,9-13H2,1H3;2-5,13,23H,6-12H2,1H3;6-9,13,23H,4-5,10-12H2,1-3H3;4-7,11,21H,8-10H2,1-3H3;4,6,8,10,20H,3,5,7,9H2,1-2H3. The highest BCUT2D eigenvalue weighted by Crippen LogP contribution is 2.43. The number of fused-ring (bicyclic) bond motifs is 6. The van der Waals surface area contributed by atoms with Crippen molar-refractivity contribution in [2.75, 3.05) is 117 Å². The van der Waals surface area contributed by atoms with Crippen LogP contribution in [0.2, 0.25) is 0 Å². The number of aryl methyl sites for hydroxylation is 1. The Labute approximate surface area is 812 Å². The van der Waals surface area contributed by atoms with Crippen molar-refractivity contribution in [1.29, 1.82) is 0 Å². The third-order valence-corrected chi connectivity index (χ3v) is 27.7. The van der Waals surface area contributed by atoms with Gasteiger partial charge >= 0.3 is 0 Å². The maximum Gasteiger partial charge on any atom is 0.165 e. The Balaban J connectivity index is 0.000000120. The molecule has 138 heavy (non-hydrogen) atoms. The van der Waals surface area contributed by atoms with Crippen LogP contribution in [0.4, 0.5) is 34.9 Å². The second-order valence-electron chi connectivity index (χ2n) is 38.9. The molecule has 21 rings (SSSR count). The van der Waals surface area contributed by atoms with E-state index in [0.717, 1.165) is 211 Å². The number of anilines is 6. The Morgan fingerprint density at radius 3 is 0.949 bits per heavy atom. The third kappa shape index (κ3) is 23.2. The molecule has 2 fully saturated rings. The van der Waals surface area contributed by atoms with E-state index >= 15 is 0 Å². The number of para-hydroxylation sites is 6. The van der Waals surface area contributed by atoms with Gasteiger partial charge in [-0.15, -0.1) is 0 Å². The molecule has 722 valence electrons. The fourth-order valence-electron chi connectivity index (χ4n) is 20.1. The molecule has 13 aromatic rings. The fraction of sp³-hybridized carbons (Fsp3) is 0.429. The molecule has 7 aromatic heterocycles. The van der Waals surface area contributed by atoms with Gasteiger partial charge in [0.05, 0.1) is 87.9 Å². The van der Waals surface area contributed by atoms with Gasteiger partial charge in [0.2, 0.25) is 0 Å². The molecular formula is C112H136N18O8. The van der Waals surface area contributed by atoms with Gasteiger partial charge in [0, 0.05) is 114 Å². The minimum Gasteiger partial charge on any atom is -0.507 e. The van der Waals surface area contributed by atoms with E-state index in [-0.39, 0.29) is 34.5 Å². The number of hydrogen-bond acceptors (Lipinski definition) is 26. The lowest BCUT2D eigenvalue weighted by atomic mass is 9.88. The molecule has 8 aliphatic rings. The first kappa shape index (κ1) is 97.7. The predicted molar refractivity (Wildman–Crippen MR) is 550 cm³/mol. The van der Waals surface area contributed by atoms with Gasteiger partial charge in [-0.05, 0) is 270 Å². The van der Waals surface area contributed by atoms with Crippen LogP contribution in [0.3, 0.4) is 0 Å². The number of nitrogens with zero attached hydrogens (tertiary/aromatic N) is 18. The summed E-state index contributed by atoms with van der Waals surface area (Å²) in [6.07, 6.45) is 25.9. The molecule has 26 heteroatoms. The summed E-state index contributed by atoms with van der Waals surface area (Å²) in [5, 5.41) is 60.9. The quantitative estimate of drug-likeness (QED) is 0.0523. The Morgan fingerprint density at radius 2 is 0.601 bits per heavy atom. The number of phenols is 6. The van der Waals surface area contributed by atoms with Gasteiger partial charge in [0.25, 0.3) is 0 Å². The third-order valence-electron chi connectivity index (χ3n) is 27.7. The van der Waals surface area contributed by atoms with Gasteiger partial charge < -0.3 is 69.2 Å². The molecule has 2 aliphatic heterocycles. The summed E-state index contributed by atoms with van der Waals surface area (Å²) in [7, 11) is 10.1. The number of hydrogen-bond donors (Lipinski definition) is 6. The largest absolute Gasteiger partial charge is 0.507 e. The highest BCUT2D eigenvalue weighted by molar-refractivity contribution is 5.73. The summed E-state index contributed by atoms with van der Waals surface area (Å²) in [6.45, 7) is 23.5. The monoisotopic (exact) mass is 1860 g/mol. The van der Waals surface area contributed by atoms with Gasteiger partial charge in [-0.3, -0.25) is 0 Å². The topological polar surface area (TPSA) is 318 Å². The van der Waals surface area contributed by atoms with Crippen LogP contribution in [-0.2, 0) is 88.3 Å². The van der Waals surface area contributed by atoms with Gasteiger partial charge in [-0.1, -0.05) is 107 Å². The normalized spacial score (nSPS) is 17.8. The number of piperidine rings is 1. The van der Waals surface area contributed by atoms with E-state index < -0.39 is 0 Å². The molecule has 6 aliphatic carbocycles. The molecule has 0 amide bonds. The van der Waals surface area contributed by atoms with Crippen molar-refractivity contribution in [3.8, 4) is 103 Å².